The van der Waals surface area contributed by atoms with Gasteiger partial charge in [-0.25, -0.2) is 4.79 Å². The van der Waals surface area contributed by atoms with Crippen molar-refractivity contribution in [3.8, 4) is 0 Å². The zero-order valence-electron chi connectivity index (χ0n) is 16.2. The van der Waals surface area contributed by atoms with Gasteiger partial charge >= 0.3 is 6.03 Å². The second-order valence-electron chi connectivity index (χ2n) is 6.55. The third-order valence-electron chi connectivity index (χ3n) is 3.99. The first-order chi connectivity index (χ1) is 11.7. The highest BCUT2D eigenvalue weighted by Crippen LogP contribution is 2.10. The zero-order valence-corrected chi connectivity index (χ0v) is 16.2. The van der Waals surface area contributed by atoms with Gasteiger partial charge in [-0.3, -0.25) is 0 Å². The van der Waals surface area contributed by atoms with Crippen LogP contribution in [0.3, 0.4) is 0 Å². The van der Waals surface area contributed by atoms with Crippen LogP contribution in [0.25, 0.3) is 0 Å². The molecule has 144 valence electrons. The quantitative estimate of drug-likeness (QED) is 0.388. The smallest absolute Gasteiger partial charge is 0.315 e. The van der Waals surface area contributed by atoms with Crippen LogP contribution in [0.2, 0.25) is 0 Å². The molecule has 24 heavy (non-hydrogen) atoms. The van der Waals surface area contributed by atoms with Gasteiger partial charge in [0.05, 0.1) is 25.9 Å². The topological polar surface area (TPSA) is 59.6 Å². The van der Waals surface area contributed by atoms with Crippen LogP contribution in [-0.2, 0) is 9.47 Å². The second-order valence-corrected chi connectivity index (χ2v) is 6.55. The van der Waals surface area contributed by atoms with Gasteiger partial charge < -0.3 is 20.1 Å². The lowest BCUT2D eigenvalue weighted by atomic mass is 10.1. The lowest BCUT2D eigenvalue weighted by Gasteiger charge is -2.14. The van der Waals surface area contributed by atoms with E-state index in [2.05, 4.69) is 17.6 Å². The van der Waals surface area contributed by atoms with Crippen LogP contribution < -0.4 is 10.6 Å². The van der Waals surface area contributed by atoms with E-state index in [1.54, 1.807) is 7.11 Å². The van der Waals surface area contributed by atoms with Gasteiger partial charge in [0.15, 0.2) is 0 Å². The summed E-state index contributed by atoms with van der Waals surface area (Å²) >= 11 is 0. The van der Waals surface area contributed by atoms with Crippen LogP contribution in [0.1, 0.15) is 78.1 Å². The third kappa shape index (κ3) is 17.5. The van der Waals surface area contributed by atoms with Crippen molar-refractivity contribution in [2.24, 2.45) is 0 Å². The molecule has 0 fully saturated rings. The highest BCUT2D eigenvalue weighted by atomic mass is 16.5. The Morgan fingerprint density at radius 3 is 2.08 bits per heavy atom. The van der Waals surface area contributed by atoms with Crippen molar-refractivity contribution in [2.45, 2.75) is 84.1 Å². The molecule has 0 aliphatic rings. The normalized spacial score (nSPS) is 12.1. The maximum absolute atomic E-state index is 11.7. The van der Waals surface area contributed by atoms with Gasteiger partial charge in [-0.15, -0.1) is 0 Å². The average molecular weight is 345 g/mol. The van der Waals surface area contributed by atoms with Crippen molar-refractivity contribution in [1.29, 1.82) is 0 Å². The number of urea groups is 1. The van der Waals surface area contributed by atoms with E-state index in [0.717, 1.165) is 13.0 Å². The Morgan fingerprint density at radius 1 is 0.917 bits per heavy atom. The first-order valence-corrected chi connectivity index (χ1v) is 9.81. The number of unbranched alkanes of at least 4 members (excludes halogenated alkanes) is 9. The third-order valence-corrected chi connectivity index (χ3v) is 3.99. The minimum Gasteiger partial charge on any atom is -0.382 e. The number of methoxy groups -OCH3 is 1. The van der Waals surface area contributed by atoms with Gasteiger partial charge in [0, 0.05) is 13.7 Å². The predicted octanol–water partition coefficient (Wildman–Crippen LogP) is 4.26. The molecule has 0 aromatic rings. The van der Waals surface area contributed by atoms with Gasteiger partial charge in [0.25, 0.3) is 0 Å². The Morgan fingerprint density at radius 2 is 1.50 bits per heavy atom. The fraction of sp³-hybridized carbons (Fsp3) is 0.947. The van der Waals surface area contributed by atoms with Crippen molar-refractivity contribution in [3.63, 3.8) is 0 Å². The molecule has 2 amide bonds. The molecule has 5 heteroatoms. The number of hydrogen-bond donors (Lipinski definition) is 2. The number of rotatable bonds is 17. The molecule has 0 radical (unpaired) electrons. The monoisotopic (exact) mass is 344 g/mol. The molecular weight excluding hydrogens is 304 g/mol. The summed E-state index contributed by atoms with van der Waals surface area (Å²) in [5, 5.41) is 5.79. The molecule has 0 heterocycles. The van der Waals surface area contributed by atoms with E-state index in [1.807, 2.05) is 6.92 Å². The van der Waals surface area contributed by atoms with E-state index in [-0.39, 0.29) is 12.1 Å². The molecule has 0 aromatic heterocycles. The van der Waals surface area contributed by atoms with E-state index in [0.29, 0.717) is 19.8 Å². The van der Waals surface area contributed by atoms with Crippen LogP contribution in [0.15, 0.2) is 0 Å². The summed E-state index contributed by atoms with van der Waals surface area (Å²) in [6.07, 6.45) is 13.1. The Bertz CT molecular complexity index is 275. The molecule has 0 bridgehead atoms. The largest absolute Gasteiger partial charge is 0.382 e. The first kappa shape index (κ1) is 23.2. The molecule has 1 unspecified atom stereocenters. The Labute approximate surface area is 149 Å². The summed E-state index contributed by atoms with van der Waals surface area (Å²) in [5.41, 5.74) is 0. The van der Waals surface area contributed by atoms with Crippen LogP contribution >= 0.6 is 0 Å². The molecule has 0 aromatic carbocycles. The predicted molar refractivity (Wildman–Crippen MR) is 101 cm³/mol. The molecule has 1 atom stereocenters. The number of hydrogen-bond acceptors (Lipinski definition) is 3. The fourth-order valence-corrected chi connectivity index (χ4v) is 2.53. The highest BCUT2D eigenvalue weighted by molar-refractivity contribution is 5.74. The summed E-state index contributed by atoms with van der Waals surface area (Å²) in [6.45, 7) is 6.59. The van der Waals surface area contributed by atoms with E-state index < -0.39 is 0 Å². The maximum atomic E-state index is 11.7. The van der Waals surface area contributed by atoms with Crippen molar-refractivity contribution >= 4 is 6.03 Å². The van der Waals surface area contributed by atoms with Gasteiger partial charge in [-0.05, 0) is 13.3 Å². The lowest BCUT2D eigenvalue weighted by molar-refractivity contribution is 0.0622. The standard InChI is InChI=1S/C19H40N2O3/c1-4-5-6-7-8-9-10-11-12-13-14-20-19(22)21-18(2)17-24-16-15-23-3/h18H,4-17H2,1-3H3,(H2,20,21,22). The molecule has 0 aliphatic carbocycles. The minimum absolute atomic E-state index is 0.00886. The molecule has 0 aliphatic heterocycles. The van der Waals surface area contributed by atoms with Crippen LogP contribution in [0.5, 0.6) is 0 Å². The molecule has 0 saturated carbocycles. The maximum Gasteiger partial charge on any atom is 0.315 e. The molecular formula is C19H40N2O3. The van der Waals surface area contributed by atoms with Crippen molar-refractivity contribution < 1.29 is 14.3 Å². The van der Waals surface area contributed by atoms with Crippen molar-refractivity contribution in [2.75, 3.05) is 33.5 Å². The molecule has 2 N–H and O–H groups in total. The lowest BCUT2D eigenvalue weighted by Crippen LogP contribution is -2.43. The van der Waals surface area contributed by atoms with Gasteiger partial charge in [-0.2, -0.15) is 0 Å². The molecule has 5 nitrogen and oxygen atoms in total. The summed E-state index contributed by atoms with van der Waals surface area (Å²) in [5.74, 6) is 0. The fourth-order valence-electron chi connectivity index (χ4n) is 2.53. The molecule has 0 saturated heterocycles. The summed E-state index contributed by atoms with van der Waals surface area (Å²) in [7, 11) is 1.64. The number of ether oxygens (including phenoxy) is 2. The Kier molecular flexibility index (Phi) is 17.9. The van der Waals surface area contributed by atoms with Crippen LogP contribution in [0, 0.1) is 0 Å². The summed E-state index contributed by atoms with van der Waals surface area (Å²) in [4.78, 5) is 11.7. The van der Waals surface area contributed by atoms with Crippen molar-refractivity contribution in [3.05, 3.63) is 0 Å². The zero-order chi connectivity index (χ0) is 17.9. The highest BCUT2D eigenvalue weighted by Gasteiger charge is 2.06. The van der Waals surface area contributed by atoms with Gasteiger partial charge in [-0.1, -0.05) is 64.7 Å². The summed E-state index contributed by atoms with van der Waals surface area (Å²) < 4.78 is 10.3. The molecule has 0 spiro atoms. The minimum atomic E-state index is -0.103. The van der Waals surface area contributed by atoms with E-state index in [1.165, 1.54) is 57.8 Å². The van der Waals surface area contributed by atoms with E-state index in [9.17, 15) is 4.79 Å². The second kappa shape index (κ2) is 18.5. The Balaban J connectivity index is 3.28. The van der Waals surface area contributed by atoms with E-state index >= 15 is 0 Å². The Hall–Kier alpha value is -0.810. The number of nitrogens with one attached hydrogen (secondary N) is 2. The SMILES string of the molecule is CCCCCCCCCCCCNC(=O)NC(C)COCCOC. The van der Waals surface area contributed by atoms with Crippen molar-refractivity contribution in [1.82, 2.24) is 10.6 Å². The number of carbonyl (C=O) groups is 1. The molecule has 0 rings (SSSR count). The number of amides is 2. The van der Waals surface area contributed by atoms with Gasteiger partial charge in [0.1, 0.15) is 0 Å². The van der Waals surface area contributed by atoms with E-state index in [4.69, 9.17) is 9.47 Å². The number of carbonyl (C=O) groups excluding carboxylic acids is 1. The first-order valence-electron chi connectivity index (χ1n) is 9.81. The average Bonchev–Trinajstić information content (AvgIpc) is 2.56. The van der Waals surface area contributed by atoms with Crippen LogP contribution in [-0.4, -0.2) is 45.5 Å². The van der Waals surface area contributed by atoms with Gasteiger partial charge in [0.2, 0.25) is 0 Å². The van der Waals surface area contributed by atoms with Crippen LogP contribution in [0.4, 0.5) is 4.79 Å². The summed E-state index contributed by atoms with van der Waals surface area (Å²) in [6, 6.07) is -0.0941.